The molecule has 15 heavy (non-hydrogen) atoms. The number of hydrogen-bond donors (Lipinski definition) is 1. The molecule has 82 valence electrons. The van der Waals surface area contributed by atoms with Crippen LogP contribution in [0.2, 0.25) is 0 Å². The van der Waals surface area contributed by atoms with E-state index in [2.05, 4.69) is 21.2 Å². The van der Waals surface area contributed by atoms with Gasteiger partial charge in [0.15, 0.2) is 6.10 Å². The van der Waals surface area contributed by atoms with Gasteiger partial charge in [-0.25, -0.2) is 0 Å². The average Bonchev–Trinajstić information content (AvgIpc) is 2.22. The number of halogens is 1. The standard InChI is InChI=1S/C11H14BrNO2/c1-3-13-11(14)8(2)15-10-6-4-9(12)5-7-10/h4-8H,3H2,1-2H3,(H,13,14). The Hall–Kier alpha value is -1.03. The highest BCUT2D eigenvalue weighted by Crippen LogP contribution is 2.17. The summed E-state index contributed by atoms with van der Waals surface area (Å²) in [6, 6.07) is 7.39. The van der Waals surface area contributed by atoms with E-state index in [1.807, 2.05) is 31.2 Å². The van der Waals surface area contributed by atoms with Crippen molar-refractivity contribution in [1.82, 2.24) is 5.32 Å². The molecule has 0 aliphatic carbocycles. The van der Waals surface area contributed by atoms with Gasteiger partial charge in [-0.1, -0.05) is 15.9 Å². The molecular formula is C11H14BrNO2. The smallest absolute Gasteiger partial charge is 0.260 e. The van der Waals surface area contributed by atoms with Crippen LogP contribution in [0.4, 0.5) is 0 Å². The summed E-state index contributed by atoms with van der Waals surface area (Å²) in [5.74, 6) is 0.595. The molecule has 0 saturated heterocycles. The fraction of sp³-hybridized carbons (Fsp3) is 0.364. The van der Waals surface area contributed by atoms with E-state index in [4.69, 9.17) is 4.74 Å². The van der Waals surface area contributed by atoms with E-state index < -0.39 is 6.10 Å². The largest absolute Gasteiger partial charge is 0.481 e. The first-order chi connectivity index (χ1) is 7.13. The van der Waals surface area contributed by atoms with E-state index in [0.717, 1.165) is 4.47 Å². The Morgan fingerprint density at radius 1 is 1.47 bits per heavy atom. The molecule has 4 heteroatoms. The molecule has 0 spiro atoms. The molecule has 0 bridgehead atoms. The summed E-state index contributed by atoms with van der Waals surface area (Å²) < 4.78 is 6.44. The van der Waals surface area contributed by atoms with Crippen LogP contribution in [0, 0.1) is 0 Å². The van der Waals surface area contributed by atoms with Crippen LogP contribution in [0.25, 0.3) is 0 Å². The molecule has 0 radical (unpaired) electrons. The van der Waals surface area contributed by atoms with E-state index >= 15 is 0 Å². The number of carbonyl (C=O) groups is 1. The Kier molecular flexibility index (Phi) is 4.62. The van der Waals surface area contributed by atoms with Crippen LogP contribution in [-0.4, -0.2) is 18.6 Å². The third kappa shape index (κ3) is 3.91. The van der Waals surface area contributed by atoms with Gasteiger partial charge in [-0.15, -0.1) is 0 Å². The van der Waals surface area contributed by atoms with Crippen molar-refractivity contribution in [3.05, 3.63) is 28.7 Å². The van der Waals surface area contributed by atoms with E-state index in [1.165, 1.54) is 0 Å². The minimum absolute atomic E-state index is 0.0968. The lowest BCUT2D eigenvalue weighted by Crippen LogP contribution is -2.36. The first kappa shape index (κ1) is 12.0. The Morgan fingerprint density at radius 3 is 2.60 bits per heavy atom. The van der Waals surface area contributed by atoms with Crippen LogP contribution in [0.15, 0.2) is 28.7 Å². The van der Waals surface area contributed by atoms with Crippen molar-refractivity contribution in [3.8, 4) is 5.75 Å². The van der Waals surface area contributed by atoms with Crippen LogP contribution in [0.3, 0.4) is 0 Å². The van der Waals surface area contributed by atoms with Gasteiger partial charge in [0.05, 0.1) is 0 Å². The second-order valence-electron chi connectivity index (χ2n) is 3.11. The number of benzene rings is 1. The molecule has 0 aliphatic heterocycles. The maximum atomic E-state index is 11.4. The number of amides is 1. The lowest BCUT2D eigenvalue weighted by molar-refractivity contribution is -0.127. The zero-order chi connectivity index (χ0) is 11.3. The summed E-state index contributed by atoms with van der Waals surface area (Å²) >= 11 is 3.33. The Labute approximate surface area is 97.9 Å². The van der Waals surface area contributed by atoms with Crippen molar-refractivity contribution in [2.24, 2.45) is 0 Å². The molecule has 1 amide bonds. The summed E-state index contributed by atoms with van der Waals surface area (Å²) in [5.41, 5.74) is 0. The van der Waals surface area contributed by atoms with E-state index in [-0.39, 0.29) is 5.91 Å². The molecule has 0 fully saturated rings. The zero-order valence-corrected chi connectivity index (χ0v) is 10.4. The molecule has 1 aromatic carbocycles. The third-order valence-electron chi connectivity index (χ3n) is 1.85. The van der Waals surface area contributed by atoms with E-state index in [1.54, 1.807) is 6.92 Å². The van der Waals surface area contributed by atoms with Crippen molar-refractivity contribution >= 4 is 21.8 Å². The van der Waals surface area contributed by atoms with Gasteiger partial charge >= 0.3 is 0 Å². The summed E-state index contributed by atoms with van der Waals surface area (Å²) in [5, 5.41) is 2.70. The lowest BCUT2D eigenvalue weighted by Gasteiger charge is -2.13. The predicted octanol–water partition coefficient (Wildman–Crippen LogP) is 2.35. The van der Waals surface area contributed by atoms with Gasteiger partial charge in [0, 0.05) is 11.0 Å². The van der Waals surface area contributed by atoms with Crippen molar-refractivity contribution in [3.63, 3.8) is 0 Å². The number of hydrogen-bond acceptors (Lipinski definition) is 2. The highest BCUT2D eigenvalue weighted by atomic mass is 79.9. The molecule has 1 unspecified atom stereocenters. The monoisotopic (exact) mass is 271 g/mol. The first-order valence-corrected chi connectivity index (χ1v) is 5.62. The number of rotatable bonds is 4. The normalized spacial score (nSPS) is 11.9. The molecule has 1 atom stereocenters. The van der Waals surface area contributed by atoms with Gasteiger partial charge < -0.3 is 10.1 Å². The summed E-state index contributed by atoms with van der Waals surface area (Å²) in [7, 11) is 0. The molecule has 0 heterocycles. The number of likely N-dealkylation sites (N-methyl/N-ethyl adjacent to an activating group) is 1. The van der Waals surface area contributed by atoms with Crippen molar-refractivity contribution in [2.45, 2.75) is 20.0 Å². The second kappa shape index (κ2) is 5.75. The van der Waals surface area contributed by atoms with Gasteiger partial charge in [-0.2, -0.15) is 0 Å². The van der Waals surface area contributed by atoms with Gasteiger partial charge in [0.1, 0.15) is 5.75 Å². The fourth-order valence-electron chi connectivity index (χ4n) is 1.09. The van der Waals surface area contributed by atoms with Gasteiger partial charge in [0.25, 0.3) is 5.91 Å². The van der Waals surface area contributed by atoms with Crippen molar-refractivity contribution in [2.75, 3.05) is 6.54 Å². The molecule has 0 aromatic heterocycles. The lowest BCUT2D eigenvalue weighted by atomic mass is 10.3. The fourth-order valence-corrected chi connectivity index (χ4v) is 1.35. The van der Waals surface area contributed by atoms with Gasteiger partial charge in [-0.05, 0) is 38.1 Å². The predicted molar refractivity (Wildman–Crippen MR) is 62.9 cm³/mol. The minimum atomic E-state index is -0.467. The van der Waals surface area contributed by atoms with Crippen LogP contribution in [0.5, 0.6) is 5.75 Å². The first-order valence-electron chi connectivity index (χ1n) is 4.83. The minimum Gasteiger partial charge on any atom is -0.481 e. The highest BCUT2D eigenvalue weighted by molar-refractivity contribution is 9.10. The molecule has 3 nitrogen and oxygen atoms in total. The molecule has 1 N–H and O–H groups in total. The van der Waals surface area contributed by atoms with E-state index in [9.17, 15) is 4.79 Å². The summed E-state index contributed by atoms with van der Waals surface area (Å²) in [6.45, 7) is 4.23. The maximum Gasteiger partial charge on any atom is 0.260 e. The van der Waals surface area contributed by atoms with E-state index in [0.29, 0.717) is 12.3 Å². The number of carbonyl (C=O) groups excluding carboxylic acids is 1. The topological polar surface area (TPSA) is 38.3 Å². The number of ether oxygens (including phenoxy) is 1. The van der Waals surface area contributed by atoms with Crippen LogP contribution in [0.1, 0.15) is 13.8 Å². The van der Waals surface area contributed by atoms with Crippen LogP contribution in [-0.2, 0) is 4.79 Å². The Morgan fingerprint density at radius 2 is 2.07 bits per heavy atom. The number of nitrogens with one attached hydrogen (secondary N) is 1. The third-order valence-corrected chi connectivity index (χ3v) is 2.38. The van der Waals surface area contributed by atoms with Crippen molar-refractivity contribution in [1.29, 1.82) is 0 Å². The highest BCUT2D eigenvalue weighted by Gasteiger charge is 2.12. The molecule has 1 rings (SSSR count). The Bertz CT molecular complexity index is 324. The molecule has 0 saturated carbocycles. The zero-order valence-electron chi connectivity index (χ0n) is 8.79. The quantitative estimate of drug-likeness (QED) is 0.913. The van der Waals surface area contributed by atoms with Crippen LogP contribution < -0.4 is 10.1 Å². The van der Waals surface area contributed by atoms with Gasteiger partial charge in [-0.3, -0.25) is 4.79 Å². The van der Waals surface area contributed by atoms with Crippen LogP contribution >= 0.6 is 15.9 Å². The molecule has 0 aliphatic rings. The molecule has 1 aromatic rings. The SMILES string of the molecule is CCNC(=O)C(C)Oc1ccc(Br)cc1. The van der Waals surface area contributed by atoms with Crippen molar-refractivity contribution < 1.29 is 9.53 Å². The molecular weight excluding hydrogens is 258 g/mol. The summed E-state index contributed by atoms with van der Waals surface area (Å²) in [6.07, 6.45) is -0.467. The average molecular weight is 272 g/mol. The second-order valence-corrected chi connectivity index (χ2v) is 4.02. The van der Waals surface area contributed by atoms with Gasteiger partial charge in [0.2, 0.25) is 0 Å². The maximum absolute atomic E-state index is 11.4. The summed E-state index contributed by atoms with van der Waals surface area (Å²) in [4.78, 5) is 11.4. The Balaban J connectivity index is 2.54.